The average molecular weight is 262 g/mol. The van der Waals surface area contributed by atoms with E-state index < -0.39 is 0 Å². The van der Waals surface area contributed by atoms with Crippen molar-refractivity contribution >= 4 is 10.9 Å². The summed E-state index contributed by atoms with van der Waals surface area (Å²) < 4.78 is 2.00. The normalized spacial score (nSPS) is 11.0. The van der Waals surface area contributed by atoms with Gasteiger partial charge in [0.25, 0.3) is 0 Å². The Hall–Kier alpha value is -3.02. The van der Waals surface area contributed by atoms with Crippen molar-refractivity contribution in [3.63, 3.8) is 0 Å². The Bertz CT molecular complexity index is 845. The molecular weight excluding hydrogens is 252 g/mol. The quantitative estimate of drug-likeness (QED) is 0.601. The summed E-state index contributed by atoms with van der Waals surface area (Å²) in [5, 5.41) is 7.87. The minimum Gasteiger partial charge on any atom is -0.300 e. The molecule has 0 aliphatic heterocycles. The maximum Gasteiger partial charge on any atom is 0.182 e. The Morgan fingerprint density at radius 3 is 2.80 bits per heavy atom. The summed E-state index contributed by atoms with van der Waals surface area (Å²) >= 11 is 0. The number of hydrogen-bond donors (Lipinski definition) is 1. The Kier molecular flexibility index (Phi) is 2.32. The second kappa shape index (κ2) is 4.27. The highest BCUT2D eigenvalue weighted by Crippen LogP contribution is 2.19. The van der Waals surface area contributed by atoms with Crippen LogP contribution in [0.1, 0.15) is 0 Å². The third-order valence-electron chi connectivity index (χ3n) is 3.16. The molecule has 96 valence electrons. The van der Waals surface area contributed by atoms with E-state index in [4.69, 9.17) is 0 Å². The molecule has 0 aliphatic rings. The summed E-state index contributed by atoms with van der Waals surface area (Å²) in [6.07, 6.45) is 8.92. The Morgan fingerprint density at radius 2 is 2.00 bits per heavy atom. The maximum absolute atomic E-state index is 4.47. The molecule has 0 saturated heterocycles. The average Bonchev–Trinajstić information content (AvgIpc) is 3.17. The predicted octanol–water partition coefficient (Wildman–Crippen LogP) is 2.21. The van der Waals surface area contributed by atoms with Gasteiger partial charge < -0.3 is 0 Å². The smallest absolute Gasteiger partial charge is 0.182 e. The molecule has 4 rings (SSSR count). The first-order valence-corrected chi connectivity index (χ1v) is 6.15. The van der Waals surface area contributed by atoms with E-state index in [1.54, 1.807) is 18.7 Å². The fraction of sp³-hybridized carbons (Fsp3) is 0. The summed E-state index contributed by atoms with van der Waals surface area (Å²) in [5.74, 6) is 1.48. The summed E-state index contributed by atoms with van der Waals surface area (Å²) in [4.78, 5) is 12.7. The van der Waals surface area contributed by atoms with Crippen LogP contribution in [0.15, 0.2) is 55.4 Å². The summed E-state index contributed by atoms with van der Waals surface area (Å²) in [6.45, 7) is 0. The molecule has 0 amide bonds. The molecule has 4 heterocycles. The lowest BCUT2D eigenvalue weighted by Gasteiger charge is -2.04. The summed E-state index contributed by atoms with van der Waals surface area (Å²) in [5.41, 5.74) is 1.91. The first-order chi connectivity index (χ1) is 9.92. The van der Waals surface area contributed by atoms with Gasteiger partial charge in [-0.3, -0.25) is 14.6 Å². The van der Waals surface area contributed by atoms with Crippen molar-refractivity contribution in [1.82, 2.24) is 29.7 Å². The number of aromatic amines is 1. The Labute approximate surface area is 114 Å². The van der Waals surface area contributed by atoms with Crippen LogP contribution in [0.25, 0.3) is 28.1 Å². The van der Waals surface area contributed by atoms with Crippen LogP contribution in [0.4, 0.5) is 0 Å². The van der Waals surface area contributed by atoms with E-state index in [-0.39, 0.29) is 0 Å². The Morgan fingerprint density at radius 1 is 1.00 bits per heavy atom. The molecule has 0 fully saturated rings. The molecule has 0 radical (unpaired) electrons. The van der Waals surface area contributed by atoms with Crippen molar-refractivity contribution in [2.75, 3.05) is 0 Å². The van der Waals surface area contributed by atoms with E-state index in [9.17, 15) is 0 Å². The van der Waals surface area contributed by atoms with Gasteiger partial charge in [0.05, 0.1) is 11.7 Å². The van der Waals surface area contributed by atoms with Gasteiger partial charge in [-0.15, -0.1) is 0 Å². The molecule has 0 saturated carbocycles. The molecule has 0 aromatic carbocycles. The second-order valence-corrected chi connectivity index (χ2v) is 4.35. The lowest BCUT2D eigenvalue weighted by atomic mass is 10.2. The topological polar surface area (TPSA) is 72.3 Å². The van der Waals surface area contributed by atoms with Gasteiger partial charge in [0.15, 0.2) is 5.82 Å². The van der Waals surface area contributed by atoms with Gasteiger partial charge in [0, 0.05) is 29.5 Å². The molecule has 20 heavy (non-hydrogen) atoms. The monoisotopic (exact) mass is 262 g/mol. The van der Waals surface area contributed by atoms with Crippen LogP contribution in [0.2, 0.25) is 0 Å². The van der Waals surface area contributed by atoms with Gasteiger partial charge in [-0.2, -0.15) is 5.10 Å². The van der Waals surface area contributed by atoms with E-state index >= 15 is 0 Å². The van der Waals surface area contributed by atoms with Crippen molar-refractivity contribution in [2.24, 2.45) is 0 Å². The minimum absolute atomic E-state index is 0.642. The minimum atomic E-state index is 0.642. The fourth-order valence-electron chi connectivity index (χ4n) is 2.18. The van der Waals surface area contributed by atoms with Crippen LogP contribution in [0.3, 0.4) is 0 Å². The number of pyridine rings is 2. The van der Waals surface area contributed by atoms with Crippen molar-refractivity contribution in [3.05, 3.63) is 55.4 Å². The molecule has 6 heteroatoms. The van der Waals surface area contributed by atoms with Crippen molar-refractivity contribution in [2.45, 2.75) is 0 Å². The third kappa shape index (κ3) is 1.66. The van der Waals surface area contributed by atoms with Crippen LogP contribution in [-0.4, -0.2) is 29.7 Å². The van der Waals surface area contributed by atoms with Crippen LogP contribution in [-0.2, 0) is 0 Å². The number of aromatic nitrogens is 6. The molecule has 4 aromatic rings. The summed E-state index contributed by atoms with van der Waals surface area (Å²) in [7, 11) is 0. The predicted molar refractivity (Wildman–Crippen MR) is 74.2 cm³/mol. The number of rotatable bonds is 2. The highest BCUT2D eigenvalue weighted by atomic mass is 15.2. The first-order valence-electron chi connectivity index (χ1n) is 6.15. The van der Waals surface area contributed by atoms with Gasteiger partial charge in [-0.05, 0) is 24.3 Å². The van der Waals surface area contributed by atoms with Crippen molar-refractivity contribution in [3.8, 4) is 17.2 Å². The molecule has 0 atom stereocenters. The van der Waals surface area contributed by atoms with E-state index in [0.717, 1.165) is 22.3 Å². The largest absolute Gasteiger partial charge is 0.300 e. The fourth-order valence-corrected chi connectivity index (χ4v) is 2.18. The van der Waals surface area contributed by atoms with E-state index in [0.29, 0.717) is 5.82 Å². The first kappa shape index (κ1) is 10.9. The maximum atomic E-state index is 4.47. The van der Waals surface area contributed by atoms with Crippen molar-refractivity contribution in [1.29, 1.82) is 0 Å². The van der Waals surface area contributed by atoms with Crippen LogP contribution < -0.4 is 0 Å². The highest BCUT2D eigenvalue weighted by molar-refractivity contribution is 5.80. The molecule has 0 bridgehead atoms. The molecule has 0 aliphatic carbocycles. The number of fused-ring (bicyclic) bond motifs is 1. The van der Waals surface area contributed by atoms with E-state index in [1.165, 1.54) is 0 Å². The Balaban J connectivity index is 1.79. The number of nitrogens with one attached hydrogen (secondary N) is 1. The second-order valence-electron chi connectivity index (χ2n) is 4.35. The van der Waals surface area contributed by atoms with E-state index in [1.807, 2.05) is 41.2 Å². The number of hydrogen-bond acceptors (Lipinski definition) is 4. The molecule has 4 aromatic heterocycles. The molecule has 6 nitrogen and oxygen atoms in total. The van der Waals surface area contributed by atoms with Gasteiger partial charge in [-0.25, -0.2) is 9.97 Å². The van der Waals surface area contributed by atoms with Crippen LogP contribution >= 0.6 is 0 Å². The van der Waals surface area contributed by atoms with Crippen LogP contribution in [0, 0.1) is 0 Å². The highest BCUT2D eigenvalue weighted by Gasteiger charge is 2.06. The third-order valence-corrected chi connectivity index (χ3v) is 3.16. The molecule has 1 N–H and O–H groups in total. The van der Waals surface area contributed by atoms with Gasteiger partial charge >= 0.3 is 0 Å². The summed E-state index contributed by atoms with van der Waals surface area (Å²) in [6, 6.07) is 7.92. The molecule has 0 unspecified atom stereocenters. The van der Waals surface area contributed by atoms with Crippen molar-refractivity contribution < 1.29 is 0 Å². The van der Waals surface area contributed by atoms with Gasteiger partial charge in [0.1, 0.15) is 12.1 Å². The lowest BCUT2D eigenvalue weighted by molar-refractivity contribution is 1.04. The molecular formula is C14H10N6. The van der Waals surface area contributed by atoms with Gasteiger partial charge in [-0.1, -0.05) is 0 Å². The standard InChI is InChI=1S/C14H10N6/c1-2-13(16-7-11(1)14-17-9-18-19-14)20-6-4-10-3-5-15-8-12(10)20/h1-9H,(H,17,18,19). The number of nitrogens with zero attached hydrogens (tertiary/aromatic N) is 5. The van der Waals surface area contributed by atoms with Crippen LogP contribution in [0.5, 0.6) is 0 Å². The lowest BCUT2D eigenvalue weighted by Crippen LogP contribution is -1.96. The SMILES string of the molecule is c1cc2ccn(-c3ccc(-c4nc[nH]n4)cn3)c2cn1. The zero-order valence-corrected chi connectivity index (χ0v) is 10.4. The van der Waals surface area contributed by atoms with E-state index in [2.05, 4.69) is 25.1 Å². The zero-order chi connectivity index (χ0) is 13.4. The number of H-pyrrole nitrogens is 1. The zero-order valence-electron chi connectivity index (χ0n) is 10.4. The van der Waals surface area contributed by atoms with Gasteiger partial charge in [0.2, 0.25) is 0 Å². The molecule has 0 spiro atoms.